The molecule has 1 fully saturated rings. The molecule has 5 nitrogen and oxygen atoms in total. The molecule has 5 heteroatoms. The Morgan fingerprint density at radius 2 is 2.00 bits per heavy atom. The van der Waals surface area contributed by atoms with Crippen molar-refractivity contribution in [2.24, 2.45) is 5.10 Å². The molecule has 0 spiro atoms. The number of benzene rings is 1. The molecule has 2 aliphatic rings. The van der Waals surface area contributed by atoms with Gasteiger partial charge in [-0.3, -0.25) is 9.69 Å². The van der Waals surface area contributed by atoms with Gasteiger partial charge in [0.1, 0.15) is 5.69 Å². The van der Waals surface area contributed by atoms with Crippen LogP contribution < -0.4 is 0 Å². The molecule has 1 aromatic heterocycles. The van der Waals surface area contributed by atoms with Crippen LogP contribution in [0.15, 0.2) is 29.4 Å². The Morgan fingerprint density at radius 1 is 1.19 bits per heavy atom. The van der Waals surface area contributed by atoms with E-state index < -0.39 is 0 Å². The number of para-hydroxylation sites is 1. The highest BCUT2D eigenvalue weighted by Gasteiger charge is 2.25. The first-order valence-electron chi connectivity index (χ1n) is 7.33. The Hall–Kier alpha value is -1.98. The van der Waals surface area contributed by atoms with Gasteiger partial charge in [0.25, 0.3) is 0 Å². The van der Waals surface area contributed by atoms with Crippen molar-refractivity contribution in [2.45, 2.75) is 13.0 Å². The van der Waals surface area contributed by atoms with Gasteiger partial charge in [-0.15, -0.1) is 0 Å². The summed E-state index contributed by atoms with van der Waals surface area (Å²) in [6.07, 6.45) is 2.09. The topological polar surface area (TPSA) is 46.8 Å². The van der Waals surface area contributed by atoms with Crippen molar-refractivity contribution >= 4 is 22.9 Å². The van der Waals surface area contributed by atoms with E-state index in [0.29, 0.717) is 6.42 Å². The fourth-order valence-electron chi connectivity index (χ4n) is 3.14. The van der Waals surface area contributed by atoms with E-state index >= 15 is 0 Å². The Bertz CT molecular complexity index is 726. The molecule has 3 heterocycles. The van der Waals surface area contributed by atoms with Gasteiger partial charge in [0.2, 0.25) is 0 Å². The molecule has 1 saturated heterocycles. The predicted octanol–water partition coefficient (Wildman–Crippen LogP) is 1.89. The second kappa shape index (κ2) is 5.09. The van der Waals surface area contributed by atoms with Crippen LogP contribution >= 0.6 is 0 Å². The Labute approximate surface area is 122 Å². The third-order valence-corrected chi connectivity index (χ3v) is 4.18. The van der Waals surface area contributed by atoms with Crippen LogP contribution in [-0.4, -0.2) is 47.9 Å². The maximum Gasteiger partial charge on any atom is 0.186 e. The number of ketones is 1. The smallest absolute Gasteiger partial charge is 0.186 e. The molecule has 0 saturated carbocycles. The number of carbonyl (C=O) groups excluding carboxylic acids is 1. The number of carbonyl (C=O) groups is 1. The number of aromatic nitrogens is 1. The largest absolute Gasteiger partial charge is 0.379 e. The van der Waals surface area contributed by atoms with Crippen molar-refractivity contribution in [3.8, 4) is 0 Å². The van der Waals surface area contributed by atoms with E-state index in [2.05, 4.69) is 16.1 Å². The molecule has 0 atom stereocenters. The molecule has 0 radical (unpaired) electrons. The summed E-state index contributed by atoms with van der Waals surface area (Å²) in [6.45, 7) is 4.14. The summed E-state index contributed by atoms with van der Waals surface area (Å²) in [5, 5.41) is 5.54. The van der Waals surface area contributed by atoms with Crippen molar-refractivity contribution in [2.75, 3.05) is 26.3 Å². The highest BCUT2D eigenvalue weighted by Crippen LogP contribution is 2.30. The molecular formula is C16H17N3O2. The number of rotatable bonds is 2. The van der Waals surface area contributed by atoms with Crippen LogP contribution in [0.4, 0.5) is 0 Å². The van der Waals surface area contributed by atoms with Gasteiger partial charge in [0.05, 0.1) is 18.7 Å². The van der Waals surface area contributed by atoms with E-state index in [4.69, 9.17) is 4.74 Å². The summed E-state index contributed by atoms with van der Waals surface area (Å²) in [4.78, 5) is 14.7. The minimum Gasteiger partial charge on any atom is -0.379 e. The number of hydrogen-bond acceptors (Lipinski definition) is 4. The first kappa shape index (κ1) is 12.7. The van der Waals surface area contributed by atoms with Crippen molar-refractivity contribution in [3.63, 3.8) is 0 Å². The average molecular weight is 283 g/mol. The number of fused-ring (bicyclic) bond motifs is 3. The molecule has 0 aliphatic carbocycles. The van der Waals surface area contributed by atoms with Crippen LogP contribution in [0.5, 0.6) is 0 Å². The lowest BCUT2D eigenvalue weighted by Crippen LogP contribution is -2.36. The first-order valence-corrected chi connectivity index (χ1v) is 7.33. The van der Waals surface area contributed by atoms with Crippen molar-refractivity contribution in [1.82, 2.24) is 9.58 Å². The quantitative estimate of drug-likeness (QED) is 0.845. The summed E-state index contributed by atoms with van der Waals surface area (Å²) in [5.41, 5.74) is 2.87. The lowest BCUT2D eigenvalue weighted by molar-refractivity contribution is 0.0342. The molecule has 1 aromatic carbocycles. The number of hydrogen-bond donors (Lipinski definition) is 0. The minimum atomic E-state index is 0.157. The summed E-state index contributed by atoms with van der Waals surface area (Å²) in [6, 6.07) is 8.12. The van der Waals surface area contributed by atoms with Crippen LogP contribution in [0.3, 0.4) is 0 Å². The molecule has 21 heavy (non-hydrogen) atoms. The van der Waals surface area contributed by atoms with Crippen LogP contribution in [0.2, 0.25) is 0 Å². The fourth-order valence-corrected chi connectivity index (χ4v) is 3.14. The van der Waals surface area contributed by atoms with Crippen LogP contribution in [0.25, 0.3) is 10.9 Å². The highest BCUT2D eigenvalue weighted by molar-refractivity contribution is 6.09. The average Bonchev–Trinajstić information content (AvgIpc) is 2.84. The summed E-state index contributed by atoms with van der Waals surface area (Å²) in [7, 11) is 0. The van der Waals surface area contributed by atoms with Crippen LogP contribution in [0, 0.1) is 0 Å². The lowest BCUT2D eigenvalue weighted by atomic mass is 10.1. The third-order valence-electron chi connectivity index (χ3n) is 4.18. The molecule has 2 aromatic rings. The Kier molecular flexibility index (Phi) is 3.09. The number of nitrogens with zero attached hydrogens (tertiary/aromatic N) is 3. The third kappa shape index (κ3) is 2.09. The Balaban J connectivity index is 1.84. The number of Topliss-reactive ketones (excluding diaryl/α,β-unsaturated/α-hetero) is 1. The molecular weight excluding hydrogens is 266 g/mol. The molecule has 108 valence electrons. The number of morpholine rings is 1. The maximum atomic E-state index is 12.4. The van der Waals surface area contributed by atoms with E-state index in [1.165, 1.54) is 0 Å². The van der Waals surface area contributed by atoms with Gasteiger partial charge in [0, 0.05) is 43.2 Å². The van der Waals surface area contributed by atoms with Gasteiger partial charge in [-0.1, -0.05) is 18.2 Å². The van der Waals surface area contributed by atoms with E-state index in [1.54, 1.807) is 10.9 Å². The minimum absolute atomic E-state index is 0.157. The van der Waals surface area contributed by atoms with E-state index in [1.807, 2.05) is 18.2 Å². The van der Waals surface area contributed by atoms with Gasteiger partial charge in [-0.2, -0.15) is 5.10 Å². The second-order valence-corrected chi connectivity index (χ2v) is 5.47. The van der Waals surface area contributed by atoms with E-state index in [-0.39, 0.29) is 5.78 Å². The van der Waals surface area contributed by atoms with Crippen molar-refractivity contribution in [1.29, 1.82) is 0 Å². The lowest BCUT2D eigenvalue weighted by Gasteiger charge is -2.26. The molecule has 0 amide bonds. The van der Waals surface area contributed by atoms with Crippen molar-refractivity contribution < 1.29 is 9.53 Å². The van der Waals surface area contributed by atoms with Gasteiger partial charge < -0.3 is 4.74 Å². The summed E-state index contributed by atoms with van der Waals surface area (Å²) in [5.74, 6) is 0.157. The molecule has 4 rings (SSSR count). The zero-order chi connectivity index (χ0) is 14.2. The number of ether oxygens (including phenoxy) is 1. The normalized spacial score (nSPS) is 19.1. The van der Waals surface area contributed by atoms with Gasteiger partial charge in [-0.25, -0.2) is 4.68 Å². The van der Waals surface area contributed by atoms with Gasteiger partial charge in [-0.05, 0) is 6.07 Å². The van der Waals surface area contributed by atoms with Gasteiger partial charge >= 0.3 is 0 Å². The molecule has 0 N–H and O–H groups in total. The van der Waals surface area contributed by atoms with Crippen LogP contribution in [0.1, 0.15) is 22.5 Å². The second-order valence-electron chi connectivity index (χ2n) is 5.47. The van der Waals surface area contributed by atoms with Crippen LogP contribution in [-0.2, 0) is 11.3 Å². The molecule has 2 aliphatic heterocycles. The maximum absolute atomic E-state index is 12.4. The van der Waals surface area contributed by atoms with E-state index in [9.17, 15) is 4.79 Å². The summed E-state index contributed by atoms with van der Waals surface area (Å²) < 4.78 is 7.21. The fraction of sp³-hybridized carbons (Fsp3) is 0.375. The van der Waals surface area contributed by atoms with Crippen molar-refractivity contribution in [3.05, 3.63) is 35.5 Å². The standard InChI is InChI=1S/C16H17N3O2/c20-15-5-6-17-19-14-4-2-1-3-12(14)13(16(15)19)11-18-7-9-21-10-8-18/h1-4,6H,5,7-11H2. The van der Waals surface area contributed by atoms with E-state index in [0.717, 1.165) is 55.0 Å². The zero-order valence-electron chi connectivity index (χ0n) is 11.8. The molecule has 0 bridgehead atoms. The Morgan fingerprint density at radius 3 is 2.86 bits per heavy atom. The molecule has 0 unspecified atom stereocenters. The highest BCUT2D eigenvalue weighted by atomic mass is 16.5. The first-order chi connectivity index (χ1) is 10.3. The monoisotopic (exact) mass is 283 g/mol. The SMILES string of the molecule is O=C1CC=Nn2c1c(CN1CCOCC1)c1ccccc12. The predicted molar refractivity (Wildman–Crippen MR) is 80.9 cm³/mol. The summed E-state index contributed by atoms with van der Waals surface area (Å²) >= 11 is 0. The zero-order valence-corrected chi connectivity index (χ0v) is 11.8. The van der Waals surface area contributed by atoms with Gasteiger partial charge in [0.15, 0.2) is 5.78 Å².